The topological polar surface area (TPSA) is 57.0 Å². The van der Waals surface area contributed by atoms with Crippen LogP contribution in [0.5, 0.6) is 0 Å². The molecule has 1 aromatic heterocycles. The SMILES string of the molecule is CCCCC(F)Cn1cc(C(=O)OC(C)(C)C)nn1. The molecule has 0 spiro atoms. The minimum Gasteiger partial charge on any atom is -0.455 e. The fourth-order valence-corrected chi connectivity index (χ4v) is 1.53. The van der Waals surface area contributed by atoms with Gasteiger partial charge in [0.1, 0.15) is 11.8 Å². The smallest absolute Gasteiger partial charge is 0.361 e. The normalized spacial score (nSPS) is 13.3. The third-order valence-corrected chi connectivity index (χ3v) is 2.40. The maximum atomic E-state index is 13.6. The molecular weight excluding hydrogens is 249 g/mol. The summed E-state index contributed by atoms with van der Waals surface area (Å²) in [5, 5.41) is 7.45. The van der Waals surface area contributed by atoms with Crippen molar-refractivity contribution in [2.24, 2.45) is 0 Å². The van der Waals surface area contributed by atoms with Crippen LogP contribution in [0.2, 0.25) is 0 Å². The van der Waals surface area contributed by atoms with Crippen molar-refractivity contribution >= 4 is 5.97 Å². The van der Waals surface area contributed by atoms with Gasteiger partial charge in [0.25, 0.3) is 0 Å². The quantitative estimate of drug-likeness (QED) is 0.746. The molecule has 5 nitrogen and oxygen atoms in total. The summed E-state index contributed by atoms with van der Waals surface area (Å²) < 4.78 is 20.1. The van der Waals surface area contributed by atoms with Crippen LogP contribution in [-0.4, -0.2) is 32.7 Å². The summed E-state index contributed by atoms with van der Waals surface area (Å²) in [5.41, 5.74) is -0.470. The van der Waals surface area contributed by atoms with Gasteiger partial charge in [-0.1, -0.05) is 25.0 Å². The van der Waals surface area contributed by atoms with Crippen LogP contribution in [0.15, 0.2) is 6.20 Å². The van der Waals surface area contributed by atoms with Crippen molar-refractivity contribution in [3.63, 3.8) is 0 Å². The van der Waals surface area contributed by atoms with E-state index < -0.39 is 17.7 Å². The predicted octanol–water partition coefficient (Wildman–Crippen LogP) is 2.76. The number of unbranched alkanes of at least 4 members (excludes halogenated alkanes) is 1. The van der Waals surface area contributed by atoms with E-state index in [0.717, 1.165) is 12.8 Å². The molecule has 6 heteroatoms. The summed E-state index contributed by atoms with van der Waals surface area (Å²) in [7, 11) is 0. The van der Waals surface area contributed by atoms with Gasteiger partial charge in [-0.2, -0.15) is 0 Å². The molecule has 0 aliphatic rings. The Kier molecular flexibility index (Phi) is 5.44. The number of esters is 1. The van der Waals surface area contributed by atoms with E-state index >= 15 is 0 Å². The van der Waals surface area contributed by atoms with Crippen LogP contribution in [0.1, 0.15) is 57.4 Å². The standard InChI is InChI=1S/C13H22FN3O2/c1-5-6-7-10(14)8-17-9-11(15-16-17)12(18)19-13(2,3)4/h9-10H,5-8H2,1-4H3. The van der Waals surface area contributed by atoms with E-state index in [-0.39, 0.29) is 12.2 Å². The van der Waals surface area contributed by atoms with Gasteiger partial charge >= 0.3 is 5.97 Å². The highest BCUT2D eigenvalue weighted by molar-refractivity contribution is 5.86. The molecule has 0 aromatic carbocycles. The summed E-state index contributed by atoms with van der Waals surface area (Å²) >= 11 is 0. The molecule has 0 aliphatic carbocycles. The van der Waals surface area contributed by atoms with Crippen LogP contribution in [0, 0.1) is 0 Å². The third kappa shape index (κ3) is 5.81. The Morgan fingerprint density at radius 1 is 1.53 bits per heavy atom. The Hall–Kier alpha value is -1.46. The van der Waals surface area contributed by atoms with Crippen LogP contribution in [-0.2, 0) is 11.3 Å². The predicted molar refractivity (Wildman–Crippen MR) is 69.6 cm³/mol. The maximum absolute atomic E-state index is 13.6. The van der Waals surface area contributed by atoms with E-state index in [4.69, 9.17) is 4.74 Å². The second kappa shape index (κ2) is 6.63. The van der Waals surface area contributed by atoms with Crippen LogP contribution in [0.3, 0.4) is 0 Å². The lowest BCUT2D eigenvalue weighted by Gasteiger charge is -2.18. The van der Waals surface area contributed by atoms with Crippen molar-refractivity contribution in [1.29, 1.82) is 0 Å². The summed E-state index contributed by atoms with van der Waals surface area (Å²) in [6.45, 7) is 7.46. The largest absolute Gasteiger partial charge is 0.455 e. The number of alkyl halides is 1. The first kappa shape index (κ1) is 15.6. The number of aromatic nitrogens is 3. The molecular formula is C13H22FN3O2. The first-order valence-corrected chi connectivity index (χ1v) is 6.59. The lowest BCUT2D eigenvalue weighted by Crippen LogP contribution is -2.24. The summed E-state index contributed by atoms with van der Waals surface area (Å²) in [6, 6.07) is 0. The zero-order chi connectivity index (χ0) is 14.5. The molecule has 1 rings (SSSR count). The second-order valence-corrected chi connectivity index (χ2v) is 5.57. The minimum absolute atomic E-state index is 0.109. The van der Waals surface area contributed by atoms with E-state index in [0.29, 0.717) is 6.42 Å². The van der Waals surface area contributed by atoms with Gasteiger partial charge in [-0.25, -0.2) is 13.9 Å². The van der Waals surface area contributed by atoms with Crippen LogP contribution >= 0.6 is 0 Å². The number of nitrogens with zero attached hydrogens (tertiary/aromatic N) is 3. The first-order valence-electron chi connectivity index (χ1n) is 6.59. The minimum atomic E-state index is -0.965. The second-order valence-electron chi connectivity index (χ2n) is 5.57. The number of halogens is 1. The first-order chi connectivity index (χ1) is 8.81. The van der Waals surface area contributed by atoms with Gasteiger partial charge in [0.05, 0.1) is 12.7 Å². The van der Waals surface area contributed by atoms with Crippen LogP contribution in [0.25, 0.3) is 0 Å². The van der Waals surface area contributed by atoms with E-state index in [1.807, 2.05) is 6.92 Å². The van der Waals surface area contributed by atoms with Gasteiger partial charge in [-0.15, -0.1) is 5.10 Å². The highest BCUT2D eigenvalue weighted by Crippen LogP contribution is 2.11. The van der Waals surface area contributed by atoms with Gasteiger partial charge in [0, 0.05) is 0 Å². The zero-order valence-electron chi connectivity index (χ0n) is 12.0. The van der Waals surface area contributed by atoms with Gasteiger partial charge in [0.2, 0.25) is 0 Å². The fourth-order valence-electron chi connectivity index (χ4n) is 1.53. The fraction of sp³-hybridized carbons (Fsp3) is 0.769. The Bertz CT molecular complexity index is 412. The average molecular weight is 271 g/mol. The summed E-state index contributed by atoms with van der Waals surface area (Å²) in [5.74, 6) is -0.539. The summed E-state index contributed by atoms with van der Waals surface area (Å²) in [4.78, 5) is 11.7. The van der Waals surface area contributed by atoms with E-state index in [2.05, 4.69) is 10.3 Å². The molecule has 0 fully saturated rings. The molecule has 0 saturated heterocycles. The molecule has 0 radical (unpaired) electrons. The Morgan fingerprint density at radius 2 is 2.21 bits per heavy atom. The monoisotopic (exact) mass is 271 g/mol. The number of hydrogen-bond donors (Lipinski definition) is 0. The van der Waals surface area contributed by atoms with Crippen molar-refractivity contribution in [2.75, 3.05) is 0 Å². The number of rotatable bonds is 6. The number of carbonyl (C=O) groups excluding carboxylic acids is 1. The lowest BCUT2D eigenvalue weighted by molar-refractivity contribution is 0.00626. The van der Waals surface area contributed by atoms with E-state index in [1.54, 1.807) is 20.8 Å². The van der Waals surface area contributed by atoms with Crippen molar-refractivity contribution in [2.45, 2.75) is 65.3 Å². The van der Waals surface area contributed by atoms with Crippen molar-refractivity contribution in [3.8, 4) is 0 Å². The molecule has 1 aromatic rings. The summed E-state index contributed by atoms with van der Waals surface area (Å²) in [6.07, 6.45) is 2.76. The van der Waals surface area contributed by atoms with Gasteiger partial charge in [0.15, 0.2) is 5.69 Å². The zero-order valence-corrected chi connectivity index (χ0v) is 12.0. The molecule has 1 atom stereocenters. The molecule has 1 unspecified atom stereocenters. The molecule has 1 heterocycles. The van der Waals surface area contributed by atoms with Crippen molar-refractivity contribution in [1.82, 2.24) is 15.0 Å². The molecule has 0 aliphatic heterocycles. The molecule has 0 amide bonds. The number of ether oxygens (including phenoxy) is 1. The Labute approximate surface area is 113 Å². The van der Waals surface area contributed by atoms with Crippen LogP contribution < -0.4 is 0 Å². The lowest BCUT2D eigenvalue weighted by atomic mass is 10.2. The van der Waals surface area contributed by atoms with Crippen molar-refractivity contribution < 1.29 is 13.9 Å². The van der Waals surface area contributed by atoms with Gasteiger partial charge < -0.3 is 4.74 Å². The molecule has 0 bridgehead atoms. The molecule has 0 saturated carbocycles. The van der Waals surface area contributed by atoms with Gasteiger partial charge in [-0.05, 0) is 27.2 Å². The molecule has 0 N–H and O–H groups in total. The maximum Gasteiger partial charge on any atom is 0.361 e. The average Bonchev–Trinajstić information content (AvgIpc) is 2.72. The molecule has 19 heavy (non-hydrogen) atoms. The highest BCUT2D eigenvalue weighted by Gasteiger charge is 2.20. The Morgan fingerprint density at radius 3 is 2.79 bits per heavy atom. The number of hydrogen-bond acceptors (Lipinski definition) is 4. The Balaban J connectivity index is 2.54. The van der Waals surface area contributed by atoms with E-state index in [1.165, 1.54) is 10.9 Å². The highest BCUT2D eigenvalue weighted by atomic mass is 19.1. The number of carbonyl (C=O) groups is 1. The van der Waals surface area contributed by atoms with E-state index in [9.17, 15) is 9.18 Å². The van der Waals surface area contributed by atoms with Crippen LogP contribution in [0.4, 0.5) is 4.39 Å². The molecule has 108 valence electrons. The third-order valence-electron chi connectivity index (χ3n) is 2.40. The van der Waals surface area contributed by atoms with Gasteiger partial charge in [-0.3, -0.25) is 0 Å². The van der Waals surface area contributed by atoms with Crippen molar-refractivity contribution in [3.05, 3.63) is 11.9 Å².